The topological polar surface area (TPSA) is 49.3 Å². The highest BCUT2D eigenvalue weighted by molar-refractivity contribution is 5.78. The minimum atomic E-state index is 0.275. The Balaban J connectivity index is 1.88. The largest absolute Gasteiger partial charge is 0.358 e. The van der Waals surface area contributed by atoms with Gasteiger partial charge in [0.25, 0.3) is 0 Å². The molecule has 1 aliphatic rings. The lowest BCUT2D eigenvalue weighted by molar-refractivity contribution is -0.127. The van der Waals surface area contributed by atoms with Gasteiger partial charge in [-0.2, -0.15) is 0 Å². The Labute approximate surface area is 101 Å². The number of nitrogens with zero attached hydrogens (tertiary/aromatic N) is 4. The van der Waals surface area contributed by atoms with Crippen molar-refractivity contribution in [2.45, 2.75) is 19.8 Å². The molecule has 0 spiro atoms. The summed E-state index contributed by atoms with van der Waals surface area (Å²) in [4.78, 5) is 23.7. The number of carbonyl (C=O) groups excluding carboxylic acids is 1. The molecule has 5 nitrogen and oxygen atoms in total. The van der Waals surface area contributed by atoms with Crippen LogP contribution in [-0.4, -0.2) is 47.5 Å². The molecular weight excluding hydrogens is 216 g/mol. The molecule has 0 radical (unpaired) electrons. The number of aromatic nitrogens is 2. The van der Waals surface area contributed by atoms with Crippen molar-refractivity contribution < 1.29 is 4.79 Å². The van der Waals surface area contributed by atoms with Gasteiger partial charge in [-0.05, 0) is 13.3 Å². The lowest BCUT2D eigenvalue weighted by atomic mass is 10.4. The molecule has 17 heavy (non-hydrogen) atoms. The molecule has 2 heterocycles. The Morgan fingerprint density at radius 2 is 2.29 bits per heavy atom. The van der Waals surface area contributed by atoms with Crippen LogP contribution in [0.15, 0.2) is 12.4 Å². The molecule has 0 bridgehead atoms. The van der Waals surface area contributed by atoms with Crippen LogP contribution in [0.5, 0.6) is 0 Å². The molecule has 0 aromatic carbocycles. The van der Waals surface area contributed by atoms with E-state index in [-0.39, 0.29) is 5.91 Å². The standard InChI is InChI=1S/C12H18N4O/c1-10-8-11(14-9-13-10)15(2)6-7-16-5-3-4-12(16)17/h8-9H,3-7H2,1-2H3. The van der Waals surface area contributed by atoms with Crippen LogP contribution >= 0.6 is 0 Å². The van der Waals surface area contributed by atoms with Crippen LogP contribution in [-0.2, 0) is 4.79 Å². The summed E-state index contributed by atoms with van der Waals surface area (Å²) in [6.07, 6.45) is 3.27. The van der Waals surface area contributed by atoms with Crippen molar-refractivity contribution in [3.05, 3.63) is 18.1 Å². The number of aryl methyl sites for hydroxylation is 1. The Morgan fingerprint density at radius 3 is 2.94 bits per heavy atom. The van der Waals surface area contributed by atoms with Crippen LogP contribution in [0.2, 0.25) is 0 Å². The molecule has 92 valence electrons. The molecule has 1 aromatic rings. The SMILES string of the molecule is Cc1cc(N(C)CCN2CCCC2=O)ncn1. The summed E-state index contributed by atoms with van der Waals surface area (Å²) in [5, 5.41) is 0. The van der Waals surface area contributed by atoms with E-state index in [2.05, 4.69) is 14.9 Å². The third-order valence-electron chi connectivity index (χ3n) is 3.06. The maximum atomic E-state index is 11.5. The van der Waals surface area contributed by atoms with Crippen molar-refractivity contribution in [1.82, 2.24) is 14.9 Å². The van der Waals surface area contributed by atoms with Crippen LogP contribution in [0.4, 0.5) is 5.82 Å². The second kappa shape index (κ2) is 5.12. The molecule has 0 aliphatic carbocycles. The van der Waals surface area contributed by atoms with Crippen molar-refractivity contribution in [2.75, 3.05) is 31.6 Å². The van der Waals surface area contributed by atoms with Crippen molar-refractivity contribution in [2.24, 2.45) is 0 Å². The van der Waals surface area contributed by atoms with Crippen molar-refractivity contribution in [3.63, 3.8) is 0 Å². The fraction of sp³-hybridized carbons (Fsp3) is 0.583. The van der Waals surface area contributed by atoms with Gasteiger partial charge in [0.1, 0.15) is 12.1 Å². The summed E-state index contributed by atoms with van der Waals surface area (Å²) >= 11 is 0. The summed E-state index contributed by atoms with van der Waals surface area (Å²) in [6.45, 7) is 4.43. The third kappa shape index (κ3) is 2.93. The van der Waals surface area contributed by atoms with Crippen LogP contribution in [0.3, 0.4) is 0 Å². The van der Waals surface area contributed by atoms with Gasteiger partial charge in [-0.1, -0.05) is 0 Å². The summed E-state index contributed by atoms with van der Waals surface area (Å²) in [7, 11) is 1.99. The van der Waals surface area contributed by atoms with Crippen LogP contribution < -0.4 is 4.90 Å². The predicted octanol–water partition coefficient (Wildman–Crippen LogP) is 0.844. The highest BCUT2D eigenvalue weighted by Gasteiger charge is 2.19. The smallest absolute Gasteiger partial charge is 0.222 e. The minimum absolute atomic E-state index is 0.275. The highest BCUT2D eigenvalue weighted by atomic mass is 16.2. The van der Waals surface area contributed by atoms with E-state index in [1.807, 2.05) is 24.9 Å². The zero-order valence-electron chi connectivity index (χ0n) is 10.4. The van der Waals surface area contributed by atoms with Crippen LogP contribution in [0.1, 0.15) is 18.5 Å². The maximum absolute atomic E-state index is 11.5. The quantitative estimate of drug-likeness (QED) is 0.774. The summed E-state index contributed by atoms with van der Waals surface area (Å²) < 4.78 is 0. The Kier molecular flexibility index (Phi) is 3.56. The van der Waals surface area contributed by atoms with Crippen LogP contribution in [0, 0.1) is 6.92 Å². The molecule has 2 rings (SSSR count). The van der Waals surface area contributed by atoms with E-state index in [1.54, 1.807) is 6.33 Å². The second-order valence-electron chi connectivity index (χ2n) is 4.42. The molecule has 5 heteroatoms. The monoisotopic (exact) mass is 234 g/mol. The Hall–Kier alpha value is -1.65. The van der Waals surface area contributed by atoms with Gasteiger partial charge in [0.05, 0.1) is 0 Å². The van der Waals surface area contributed by atoms with E-state index in [9.17, 15) is 4.79 Å². The molecule has 1 aromatic heterocycles. The number of amides is 1. The maximum Gasteiger partial charge on any atom is 0.222 e. The zero-order valence-corrected chi connectivity index (χ0v) is 10.4. The number of hydrogen-bond acceptors (Lipinski definition) is 4. The lowest BCUT2D eigenvalue weighted by Gasteiger charge is -2.22. The number of likely N-dealkylation sites (tertiary alicyclic amines) is 1. The summed E-state index contributed by atoms with van der Waals surface area (Å²) in [5.41, 5.74) is 0.957. The molecule has 1 amide bonds. The van der Waals surface area contributed by atoms with E-state index in [1.165, 1.54) is 0 Å². The zero-order chi connectivity index (χ0) is 12.3. The van der Waals surface area contributed by atoms with Gasteiger partial charge in [0.2, 0.25) is 5.91 Å². The van der Waals surface area contributed by atoms with Gasteiger partial charge >= 0.3 is 0 Å². The summed E-state index contributed by atoms with van der Waals surface area (Å²) in [5.74, 6) is 1.18. The van der Waals surface area contributed by atoms with E-state index in [0.717, 1.165) is 37.6 Å². The number of anilines is 1. The first-order valence-corrected chi connectivity index (χ1v) is 5.94. The minimum Gasteiger partial charge on any atom is -0.358 e. The Bertz CT molecular complexity index is 407. The number of likely N-dealkylation sites (N-methyl/N-ethyl adjacent to an activating group) is 1. The van der Waals surface area contributed by atoms with E-state index in [0.29, 0.717) is 6.42 Å². The second-order valence-corrected chi connectivity index (χ2v) is 4.42. The number of rotatable bonds is 4. The van der Waals surface area contributed by atoms with Gasteiger partial charge in [0.15, 0.2) is 0 Å². The highest BCUT2D eigenvalue weighted by Crippen LogP contribution is 2.11. The molecular formula is C12H18N4O. The first-order chi connectivity index (χ1) is 8.16. The first-order valence-electron chi connectivity index (χ1n) is 5.94. The number of carbonyl (C=O) groups is 1. The number of hydrogen-bond donors (Lipinski definition) is 0. The molecule has 0 atom stereocenters. The first kappa shape index (κ1) is 11.8. The molecule has 1 fully saturated rings. The fourth-order valence-electron chi connectivity index (χ4n) is 1.97. The van der Waals surface area contributed by atoms with Gasteiger partial charge in [-0.15, -0.1) is 0 Å². The van der Waals surface area contributed by atoms with Crippen LogP contribution in [0.25, 0.3) is 0 Å². The molecule has 1 saturated heterocycles. The molecule has 0 unspecified atom stereocenters. The van der Waals surface area contributed by atoms with Gasteiger partial charge in [0, 0.05) is 44.9 Å². The van der Waals surface area contributed by atoms with Gasteiger partial charge < -0.3 is 9.80 Å². The fourth-order valence-corrected chi connectivity index (χ4v) is 1.97. The lowest BCUT2D eigenvalue weighted by Crippen LogP contribution is -2.34. The molecule has 1 aliphatic heterocycles. The molecule has 0 N–H and O–H groups in total. The van der Waals surface area contributed by atoms with Gasteiger partial charge in [-0.25, -0.2) is 9.97 Å². The predicted molar refractivity (Wildman–Crippen MR) is 65.9 cm³/mol. The average molecular weight is 234 g/mol. The van der Waals surface area contributed by atoms with E-state index in [4.69, 9.17) is 0 Å². The summed E-state index contributed by atoms with van der Waals surface area (Å²) in [6, 6.07) is 1.95. The Morgan fingerprint density at radius 1 is 1.47 bits per heavy atom. The van der Waals surface area contributed by atoms with E-state index < -0.39 is 0 Å². The molecule has 0 saturated carbocycles. The van der Waals surface area contributed by atoms with Crippen molar-refractivity contribution in [1.29, 1.82) is 0 Å². The van der Waals surface area contributed by atoms with E-state index >= 15 is 0 Å². The average Bonchev–Trinajstić information content (AvgIpc) is 2.72. The van der Waals surface area contributed by atoms with Gasteiger partial charge in [-0.3, -0.25) is 4.79 Å². The van der Waals surface area contributed by atoms with Crippen molar-refractivity contribution in [3.8, 4) is 0 Å². The van der Waals surface area contributed by atoms with Crippen molar-refractivity contribution >= 4 is 11.7 Å². The normalized spacial score (nSPS) is 15.4. The third-order valence-corrected chi connectivity index (χ3v) is 3.06.